The van der Waals surface area contributed by atoms with Crippen LogP contribution in [0.2, 0.25) is 0 Å². The van der Waals surface area contributed by atoms with Crippen LogP contribution >= 0.6 is 0 Å². The number of hydrogen-bond acceptors (Lipinski definition) is 7. The zero-order valence-corrected chi connectivity index (χ0v) is 16.7. The van der Waals surface area contributed by atoms with E-state index in [2.05, 4.69) is 17.1 Å². The molecule has 0 aromatic carbocycles. The number of hydrogen-bond donors (Lipinski definition) is 1. The summed E-state index contributed by atoms with van der Waals surface area (Å²) in [5.41, 5.74) is -0.506. The SMILES string of the molecule is COC(=O)CC(c1oc(CN2CCN(C=O)CC2)cc(=O)c1O)C1CC=CCC1. The fourth-order valence-electron chi connectivity index (χ4n) is 4.05. The molecule has 3 rings (SSSR count). The summed E-state index contributed by atoms with van der Waals surface area (Å²) in [6.45, 7) is 3.01. The van der Waals surface area contributed by atoms with Gasteiger partial charge in [-0.2, -0.15) is 0 Å². The standard InChI is InChI=1S/C21H28N2O6/c1-28-19(26)12-17(15-5-3-2-4-6-15)21-20(27)18(25)11-16(29-21)13-22-7-9-23(14-24)10-8-22/h2-3,11,14-15,17,27H,4-10,12-13H2,1H3. The van der Waals surface area contributed by atoms with E-state index in [0.717, 1.165) is 25.7 Å². The van der Waals surface area contributed by atoms with Crippen molar-refractivity contribution in [2.24, 2.45) is 5.92 Å². The second-order valence-corrected chi connectivity index (χ2v) is 7.64. The molecule has 0 saturated carbocycles. The maximum absolute atomic E-state index is 12.4. The van der Waals surface area contributed by atoms with E-state index in [4.69, 9.17) is 9.15 Å². The number of carbonyl (C=O) groups excluding carboxylic acids is 2. The van der Waals surface area contributed by atoms with Crippen LogP contribution < -0.4 is 5.43 Å². The van der Waals surface area contributed by atoms with Gasteiger partial charge in [0.25, 0.3) is 0 Å². The Morgan fingerprint density at radius 2 is 2.10 bits per heavy atom. The van der Waals surface area contributed by atoms with E-state index in [1.807, 2.05) is 0 Å². The van der Waals surface area contributed by atoms with Gasteiger partial charge in [0.05, 0.1) is 20.1 Å². The van der Waals surface area contributed by atoms with Gasteiger partial charge in [0.2, 0.25) is 17.6 Å². The lowest BCUT2D eigenvalue weighted by Crippen LogP contribution is -2.45. The first kappa shape index (κ1) is 21.1. The molecule has 1 aliphatic heterocycles. The Bertz CT molecular complexity index is 810. The molecule has 2 atom stereocenters. The molecule has 158 valence electrons. The van der Waals surface area contributed by atoms with Gasteiger partial charge in [-0.05, 0) is 25.2 Å². The van der Waals surface area contributed by atoms with Crippen molar-refractivity contribution in [3.63, 3.8) is 0 Å². The first-order valence-corrected chi connectivity index (χ1v) is 10.0. The summed E-state index contributed by atoms with van der Waals surface area (Å²) in [5, 5.41) is 10.4. The van der Waals surface area contributed by atoms with Crippen molar-refractivity contribution in [3.05, 3.63) is 40.0 Å². The minimum Gasteiger partial charge on any atom is -0.502 e. The zero-order valence-electron chi connectivity index (χ0n) is 16.7. The summed E-state index contributed by atoms with van der Waals surface area (Å²) >= 11 is 0. The van der Waals surface area contributed by atoms with E-state index < -0.39 is 23.1 Å². The first-order chi connectivity index (χ1) is 14.0. The summed E-state index contributed by atoms with van der Waals surface area (Å²) < 4.78 is 10.8. The highest BCUT2D eigenvalue weighted by Gasteiger charge is 2.32. The summed E-state index contributed by atoms with van der Waals surface area (Å²) in [5.74, 6) is -0.551. The smallest absolute Gasteiger partial charge is 0.306 e. The normalized spacial score (nSPS) is 21.0. The second-order valence-electron chi connectivity index (χ2n) is 7.64. The van der Waals surface area contributed by atoms with E-state index in [0.29, 0.717) is 38.5 Å². The summed E-state index contributed by atoms with van der Waals surface area (Å²) in [6, 6.07) is 1.31. The van der Waals surface area contributed by atoms with Gasteiger partial charge in [0.15, 0.2) is 5.76 Å². The number of ether oxygens (including phenoxy) is 1. The molecule has 1 aromatic heterocycles. The first-order valence-electron chi connectivity index (χ1n) is 10.0. The second kappa shape index (κ2) is 9.73. The third-order valence-corrected chi connectivity index (χ3v) is 5.76. The number of piperazine rings is 1. The van der Waals surface area contributed by atoms with Crippen LogP contribution in [-0.4, -0.2) is 60.6 Å². The maximum atomic E-state index is 12.4. The molecule has 2 heterocycles. The Hall–Kier alpha value is -2.61. The van der Waals surface area contributed by atoms with Crippen LogP contribution in [0.1, 0.15) is 43.1 Å². The number of rotatable bonds is 7. The molecular formula is C21H28N2O6. The molecule has 1 aromatic rings. The van der Waals surface area contributed by atoms with Crippen molar-refractivity contribution in [1.29, 1.82) is 0 Å². The third kappa shape index (κ3) is 5.26. The Kier molecular flexibility index (Phi) is 7.09. The predicted molar refractivity (Wildman–Crippen MR) is 105 cm³/mol. The minimum absolute atomic E-state index is 0.0486. The number of allylic oxidation sites excluding steroid dienone is 2. The summed E-state index contributed by atoms with van der Waals surface area (Å²) in [6.07, 6.45) is 7.52. The van der Waals surface area contributed by atoms with Gasteiger partial charge in [-0.3, -0.25) is 19.3 Å². The van der Waals surface area contributed by atoms with Gasteiger partial charge in [-0.25, -0.2) is 0 Å². The predicted octanol–water partition coefficient (Wildman–Crippen LogP) is 1.62. The average molecular weight is 404 g/mol. The van der Waals surface area contributed by atoms with Gasteiger partial charge in [0, 0.05) is 38.2 Å². The lowest BCUT2D eigenvalue weighted by Gasteiger charge is -2.32. The molecule has 1 amide bonds. The average Bonchev–Trinajstić information content (AvgIpc) is 2.75. The fourth-order valence-corrected chi connectivity index (χ4v) is 4.05. The van der Waals surface area contributed by atoms with Gasteiger partial charge in [0.1, 0.15) is 5.76 Å². The van der Waals surface area contributed by atoms with Gasteiger partial charge in [-0.1, -0.05) is 12.2 Å². The highest BCUT2D eigenvalue weighted by Crippen LogP contribution is 2.39. The van der Waals surface area contributed by atoms with E-state index >= 15 is 0 Å². The number of esters is 1. The monoisotopic (exact) mass is 404 g/mol. The molecule has 1 fully saturated rings. The zero-order chi connectivity index (χ0) is 20.8. The van der Waals surface area contributed by atoms with Crippen molar-refractivity contribution >= 4 is 12.4 Å². The lowest BCUT2D eigenvalue weighted by molar-refractivity contribution is -0.141. The Morgan fingerprint density at radius 3 is 2.72 bits per heavy atom. The van der Waals surface area contributed by atoms with E-state index in [-0.39, 0.29) is 18.1 Å². The quantitative estimate of drug-likeness (QED) is 0.419. The van der Waals surface area contributed by atoms with Crippen molar-refractivity contribution in [2.45, 2.75) is 38.1 Å². The number of carbonyl (C=O) groups is 2. The van der Waals surface area contributed by atoms with E-state index in [1.165, 1.54) is 13.2 Å². The van der Waals surface area contributed by atoms with Crippen LogP contribution in [-0.2, 0) is 20.9 Å². The minimum atomic E-state index is -0.506. The van der Waals surface area contributed by atoms with Crippen molar-refractivity contribution in [3.8, 4) is 5.75 Å². The topological polar surface area (TPSA) is 100 Å². The number of methoxy groups -OCH3 is 1. The number of aromatic hydroxyl groups is 1. The molecular weight excluding hydrogens is 376 g/mol. The molecule has 1 saturated heterocycles. The van der Waals surface area contributed by atoms with Crippen molar-refractivity contribution in [2.75, 3.05) is 33.3 Å². The molecule has 1 N–H and O–H groups in total. The van der Waals surface area contributed by atoms with E-state index in [9.17, 15) is 19.5 Å². The Balaban J connectivity index is 1.85. The maximum Gasteiger partial charge on any atom is 0.306 e. The Labute approximate surface area is 169 Å². The van der Waals surface area contributed by atoms with Crippen LogP contribution in [0.25, 0.3) is 0 Å². The molecule has 2 aliphatic rings. The van der Waals surface area contributed by atoms with Crippen LogP contribution in [0.3, 0.4) is 0 Å². The van der Waals surface area contributed by atoms with Crippen molar-refractivity contribution in [1.82, 2.24) is 9.80 Å². The van der Waals surface area contributed by atoms with Crippen LogP contribution in [0.4, 0.5) is 0 Å². The van der Waals surface area contributed by atoms with Gasteiger partial charge in [-0.15, -0.1) is 0 Å². The van der Waals surface area contributed by atoms with Crippen LogP contribution in [0.15, 0.2) is 27.4 Å². The van der Waals surface area contributed by atoms with Gasteiger partial charge >= 0.3 is 5.97 Å². The molecule has 2 unspecified atom stereocenters. The molecule has 29 heavy (non-hydrogen) atoms. The highest BCUT2D eigenvalue weighted by molar-refractivity contribution is 5.70. The molecule has 1 aliphatic carbocycles. The highest BCUT2D eigenvalue weighted by atomic mass is 16.5. The summed E-state index contributed by atoms with van der Waals surface area (Å²) in [7, 11) is 1.32. The lowest BCUT2D eigenvalue weighted by atomic mass is 9.79. The third-order valence-electron chi connectivity index (χ3n) is 5.76. The number of nitrogens with zero attached hydrogens (tertiary/aromatic N) is 2. The van der Waals surface area contributed by atoms with Gasteiger partial charge < -0.3 is 19.2 Å². The molecule has 8 heteroatoms. The molecule has 8 nitrogen and oxygen atoms in total. The van der Waals surface area contributed by atoms with E-state index in [1.54, 1.807) is 4.90 Å². The van der Waals surface area contributed by atoms with Crippen LogP contribution in [0, 0.1) is 5.92 Å². The largest absolute Gasteiger partial charge is 0.502 e. The Morgan fingerprint density at radius 1 is 1.34 bits per heavy atom. The molecule has 0 radical (unpaired) electrons. The van der Waals surface area contributed by atoms with Crippen molar-refractivity contribution < 1.29 is 23.8 Å². The molecule has 0 spiro atoms. The fraction of sp³-hybridized carbons (Fsp3) is 0.571. The van der Waals surface area contributed by atoms with Crippen LogP contribution in [0.5, 0.6) is 5.75 Å². The summed E-state index contributed by atoms with van der Waals surface area (Å²) in [4.78, 5) is 39.1. The number of amides is 1. The molecule has 0 bridgehead atoms.